The average molecular weight is 458 g/mol. The summed E-state index contributed by atoms with van der Waals surface area (Å²) in [4.78, 5) is 24.6. The third-order valence-corrected chi connectivity index (χ3v) is 5.77. The van der Waals surface area contributed by atoms with Crippen LogP contribution in [0.3, 0.4) is 0 Å². The number of amides is 1. The minimum absolute atomic E-state index is 0.237. The van der Waals surface area contributed by atoms with Gasteiger partial charge < -0.3 is 9.47 Å². The van der Waals surface area contributed by atoms with Gasteiger partial charge in [0.2, 0.25) is 0 Å². The van der Waals surface area contributed by atoms with E-state index in [1.807, 2.05) is 61.5 Å². The number of hydrogen-bond donors (Lipinski definition) is 1. The molecule has 1 amide bonds. The van der Waals surface area contributed by atoms with Crippen molar-refractivity contribution in [2.24, 2.45) is 12.5 Å². The molecule has 0 radical (unpaired) electrons. The Morgan fingerprint density at radius 3 is 2.50 bits per heavy atom. The number of carbonyl (C=O) groups excluding carboxylic acids is 2. The van der Waals surface area contributed by atoms with E-state index in [1.54, 1.807) is 24.9 Å². The van der Waals surface area contributed by atoms with Crippen LogP contribution in [0.2, 0.25) is 0 Å². The number of aryl methyl sites for hydroxylation is 1. The fraction of sp³-hybridized carbons (Fsp3) is 0.296. The summed E-state index contributed by atoms with van der Waals surface area (Å²) in [5.41, 5.74) is 2.70. The van der Waals surface area contributed by atoms with Crippen molar-refractivity contribution in [1.29, 1.82) is 0 Å². The molecule has 7 nitrogen and oxygen atoms in total. The molecule has 1 saturated carbocycles. The van der Waals surface area contributed by atoms with Crippen molar-refractivity contribution < 1.29 is 19.1 Å². The van der Waals surface area contributed by atoms with Crippen LogP contribution in [0, 0.1) is 17.3 Å². The topological polar surface area (TPSA) is 82.5 Å². The van der Waals surface area contributed by atoms with Crippen LogP contribution in [-0.4, -0.2) is 28.4 Å². The molecule has 34 heavy (non-hydrogen) atoms. The number of rotatable bonds is 6. The SMILES string of the molecule is CCOC(=O)C1(C#Cc2ccc(-c3cnn(C)c3NC(=O)O[C@H](C)c3ccccc3)cc2)CC1. The maximum absolute atomic E-state index is 12.5. The van der Waals surface area contributed by atoms with Crippen LogP contribution in [0.4, 0.5) is 10.6 Å². The van der Waals surface area contributed by atoms with E-state index in [1.165, 1.54) is 0 Å². The lowest BCUT2D eigenvalue weighted by Crippen LogP contribution is -2.18. The van der Waals surface area contributed by atoms with Crippen LogP contribution in [0.1, 0.15) is 43.9 Å². The standard InChI is InChI=1S/C27H27N3O4/c1-4-33-25(31)27(16-17-27)15-14-20-10-12-22(13-11-20)23-18-28-30(3)24(23)29-26(32)34-19(2)21-8-6-5-7-9-21/h5-13,18-19H,4,16-17H2,1-3H3,(H,29,32)/t19-/m1/s1. The first kappa shape index (κ1) is 23.1. The Morgan fingerprint density at radius 2 is 1.85 bits per heavy atom. The summed E-state index contributed by atoms with van der Waals surface area (Å²) in [7, 11) is 1.75. The van der Waals surface area contributed by atoms with Gasteiger partial charge in [0.15, 0.2) is 0 Å². The van der Waals surface area contributed by atoms with Crippen molar-refractivity contribution in [3.05, 3.63) is 71.9 Å². The van der Waals surface area contributed by atoms with E-state index in [-0.39, 0.29) is 12.1 Å². The van der Waals surface area contributed by atoms with E-state index in [0.717, 1.165) is 35.1 Å². The molecule has 7 heteroatoms. The van der Waals surface area contributed by atoms with E-state index < -0.39 is 11.5 Å². The Labute approximate surface area is 199 Å². The van der Waals surface area contributed by atoms with Gasteiger partial charge in [-0.1, -0.05) is 54.3 Å². The van der Waals surface area contributed by atoms with Gasteiger partial charge in [0.1, 0.15) is 17.3 Å². The van der Waals surface area contributed by atoms with E-state index >= 15 is 0 Å². The number of carbonyl (C=O) groups is 2. The third kappa shape index (κ3) is 5.12. The Bertz CT molecular complexity index is 1230. The maximum Gasteiger partial charge on any atom is 0.413 e. The zero-order valence-corrected chi connectivity index (χ0v) is 19.5. The van der Waals surface area contributed by atoms with Gasteiger partial charge in [0.05, 0.1) is 12.8 Å². The monoisotopic (exact) mass is 457 g/mol. The number of nitrogens with zero attached hydrogens (tertiary/aromatic N) is 2. The highest BCUT2D eigenvalue weighted by atomic mass is 16.6. The van der Waals surface area contributed by atoms with Crippen molar-refractivity contribution >= 4 is 17.9 Å². The van der Waals surface area contributed by atoms with Crippen LogP contribution < -0.4 is 5.32 Å². The fourth-order valence-corrected chi connectivity index (χ4v) is 3.58. The molecule has 0 unspecified atom stereocenters. The van der Waals surface area contributed by atoms with Gasteiger partial charge in [-0.2, -0.15) is 5.10 Å². The fourth-order valence-electron chi connectivity index (χ4n) is 3.58. The first-order valence-electron chi connectivity index (χ1n) is 11.3. The molecule has 1 fully saturated rings. The van der Waals surface area contributed by atoms with Gasteiger partial charge in [0, 0.05) is 18.2 Å². The summed E-state index contributed by atoms with van der Waals surface area (Å²) in [6.45, 7) is 3.98. The van der Waals surface area contributed by atoms with Crippen molar-refractivity contribution in [1.82, 2.24) is 9.78 Å². The van der Waals surface area contributed by atoms with Crippen LogP contribution in [0.5, 0.6) is 0 Å². The molecular formula is C27H27N3O4. The summed E-state index contributed by atoms with van der Waals surface area (Å²) in [5.74, 6) is 6.48. The Balaban J connectivity index is 1.45. The predicted molar refractivity (Wildman–Crippen MR) is 129 cm³/mol. The number of anilines is 1. The summed E-state index contributed by atoms with van der Waals surface area (Å²) in [5, 5.41) is 7.10. The van der Waals surface area contributed by atoms with Gasteiger partial charge in [-0.25, -0.2) is 4.79 Å². The molecule has 0 aliphatic heterocycles. The molecule has 0 saturated heterocycles. The maximum atomic E-state index is 12.5. The number of aromatic nitrogens is 2. The second-order valence-electron chi connectivity index (χ2n) is 8.24. The van der Waals surface area contributed by atoms with Crippen molar-refractivity contribution in [3.63, 3.8) is 0 Å². The number of ether oxygens (including phenoxy) is 2. The van der Waals surface area contributed by atoms with Crippen molar-refractivity contribution in [3.8, 4) is 23.0 Å². The molecule has 4 rings (SSSR count). The Morgan fingerprint density at radius 1 is 1.15 bits per heavy atom. The number of benzene rings is 2. The van der Waals surface area contributed by atoms with Crippen LogP contribution in [0.15, 0.2) is 60.8 Å². The highest BCUT2D eigenvalue weighted by Gasteiger charge is 2.50. The minimum Gasteiger partial charge on any atom is -0.465 e. The van der Waals surface area contributed by atoms with Gasteiger partial charge in [0.25, 0.3) is 0 Å². The lowest BCUT2D eigenvalue weighted by molar-refractivity contribution is -0.147. The highest BCUT2D eigenvalue weighted by molar-refractivity contribution is 5.90. The molecule has 1 aliphatic carbocycles. The number of hydrogen-bond acceptors (Lipinski definition) is 5. The number of nitrogens with one attached hydrogen (secondary N) is 1. The van der Waals surface area contributed by atoms with E-state index in [9.17, 15) is 9.59 Å². The largest absolute Gasteiger partial charge is 0.465 e. The predicted octanol–water partition coefficient (Wildman–Crippen LogP) is 5.09. The number of esters is 1. The van der Waals surface area contributed by atoms with E-state index in [4.69, 9.17) is 9.47 Å². The van der Waals surface area contributed by atoms with Gasteiger partial charge in [-0.15, -0.1) is 0 Å². The molecule has 1 N–H and O–H groups in total. The Hall–Kier alpha value is -4.05. The average Bonchev–Trinajstić information content (AvgIpc) is 3.57. The zero-order valence-electron chi connectivity index (χ0n) is 19.5. The van der Waals surface area contributed by atoms with Crippen molar-refractivity contribution in [2.75, 3.05) is 11.9 Å². The summed E-state index contributed by atoms with van der Waals surface area (Å²) >= 11 is 0. The quantitative estimate of drug-likeness (QED) is 0.412. The summed E-state index contributed by atoms with van der Waals surface area (Å²) < 4.78 is 12.3. The van der Waals surface area contributed by atoms with Crippen LogP contribution in [0.25, 0.3) is 11.1 Å². The Kier molecular flexibility index (Phi) is 6.69. The highest BCUT2D eigenvalue weighted by Crippen LogP contribution is 2.46. The van der Waals surface area contributed by atoms with Crippen LogP contribution >= 0.6 is 0 Å². The second-order valence-corrected chi connectivity index (χ2v) is 8.24. The summed E-state index contributed by atoms with van der Waals surface area (Å²) in [6.07, 6.45) is 2.22. The molecular weight excluding hydrogens is 430 g/mol. The molecule has 0 spiro atoms. The van der Waals surface area contributed by atoms with Gasteiger partial charge in [-0.05, 0) is 49.9 Å². The second kappa shape index (κ2) is 9.84. The normalized spacial score (nSPS) is 14.3. The van der Waals surface area contributed by atoms with E-state index in [2.05, 4.69) is 22.3 Å². The lowest BCUT2D eigenvalue weighted by atomic mass is 10.0. The molecule has 1 aliphatic rings. The minimum atomic E-state index is -0.646. The molecule has 174 valence electrons. The third-order valence-electron chi connectivity index (χ3n) is 5.77. The zero-order chi connectivity index (χ0) is 24.1. The lowest BCUT2D eigenvalue weighted by Gasteiger charge is -2.15. The molecule has 1 heterocycles. The molecule has 1 atom stereocenters. The first-order valence-corrected chi connectivity index (χ1v) is 11.3. The van der Waals surface area contributed by atoms with Gasteiger partial charge >= 0.3 is 12.1 Å². The van der Waals surface area contributed by atoms with E-state index in [0.29, 0.717) is 12.4 Å². The smallest absolute Gasteiger partial charge is 0.413 e. The van der Waals surface area contributed by atoms with Crippen LogP contribution in [-0.2, 0) is 21.3 Å². The summed E-state index contributed by atoms with van der Waals surface area (Å²) in [6, 6.07) is 17.1. The van der Waals surface area contributed by atoms with Gasteiger partial charge in [-0.3, -0.25) is 14.8 Å². The molecule has 2 aromatic carbocycles. The first-order chi connectivity index (χ1) is 16.4. The molecule has 3 aromatic rings. The molecule has 0 bridgehead atoms. The van der Waals surface area contributed by atoms with Crippen molar-refractivity contribution in [2.45, 2.75) is 32.8 Å². The molecule has 1 aromatic heterocycles.